The fourth-order valence-corrected chi connectivity index (χ4v) is 4.26. The number of piperidine rings is 1. The lowest BCUT2D eigenvalue weighted by Crippen LogP contribution is -2.40. The Morgan fingerprint density at radius 2 is 1.63 bits per heavy atom. The zero-order valence-electron chi connectivity index (χ0n) is 17.1. The van der Waals surface area contributed by atoms with Gasteiger partial charge in [-0.1, -0.05) is 6.07 Å². The molecule has 1 aliphatic rings. The van der Waals surface area contributed by atoms with Crippen molar-refractivity contribution in [2.24, 2.45) is 5.92 Å². The van der Waals surface area contributed by atoms with Crippen molar-refractivity contribution < 1.29 is 4.79 Å². The van der Waals surface area contributed by atoms with Crippen LogP contribution >= 0.6 is 12.4 Å². The monoisotopic (exact) mass is 389 g/mol. The van der Waals surface area contributed by atoms with Crippen molar-refractivity contribution in [3.05, 3.63) is 52.3 Å². The lowest BCUT2D eigenvalue weighted by atomic mass is 9.96. The van der Waals surface area contributed by atoms with Crippen LogP contribution in [-0.2, 0) is 0 Å². The number of amides is 1. The topological polar surface area (TPSA) is 37.3 Å². The number of benzene rings is 1. The Labute approximate surface area is 169 Å². The smallest absolute Gasteiger partial charge is 0.255 e. The molecule has 1 fully saturated rings. The van der Waals surface area contributed by atoms with Gasteiger partial charge in [0.1, 0.15) is 0 Å². The van der Waals surface area contributed by atoms with E-state index in [1.807, 2.05) is 11.9 Å². The summed E-state index contributed by atoms with van der Waals surface area (Å²) < 4.78 is 2.21. The van der Waals surface area contributed by atoms with Crippen molar-refractivity contribution in [3.63, 3.8) is 0 Å². The summed E-state index contributed by atoms with van der Waals surface area (Å²) in [4.78, 5) is 15.1. The van der Waals surface area contributed by atoms with E-state index in [1.54, 1.807) is 0 Å². The van der Waals surface area contributed by atoms with Gasteiger partial charge in [0, 0.05) is 30.2 Å². The van der Waals surface area contributed by atoms with Gasteiger partial charge in [0.15, 0.2) is 0 Å². The van der Waals surface area contributed by atoms with Crippen LogP contribution in [0, 0.1) is 33.6 Å². The van der Waals surface area contributed by atoms with Crippen molar-refractivity contribution in [1.29, 1.82) is 0 Å². The van der Waals surface area contributed by atoms with Crippen LogP contribution in [0.3, 0.4) is 0 Å². The van der Waals surface area contributed by atoms with Gasteiger partial charge in [0.05, 0.1) is 5.56 Å². The number of aryl methyl sites for hydroxylation is 3. The van der Waals surface area contributed by atoms with E-state index in [9.17, 15) is 4.79 Å². The molecule has 0 radical (unpaired) electrons. The summed E-state index contributed by atoms with van der Waals surface area (Å²) in [6.45, 7) is 11.1. The Hall–Kier alpha value is -1.78. The first kappa shape index (κ1) is 21.5. The first-order valence-electron chi connectivity index (χ1n) is 9.62. The first-order valence-corrected chi connectivity index (χ1v) is 9.62. The molecule has 0 unspecified atom stereocenters. The molecule has 1 amide bonds. The molecule has 0 saturated carbocycles. The number of halogens is 1. The second kappa shape index (κ2) is 8.94. The molecular formula is C22H32ClN3O. The third kappa shape index (κ3) is 4.56. The van der Waals surface area contributed by atoms with Crippen molar-refractivity contribution in [2.45, 2.75) is 40.5 Å². The summed E-state index contributed by atoms with van der Waals surface area (Å²) >= 11 is 0. The first-order chi connectivity index (χ1) is 12.4. The summed E-state index contributed by atoms with van der Waals surface area (Å²) in [7, 11) is 2.00. The van der Waals surface area contributed by atoms with Crippen LogP contribution in [-0.4, -0.2) is 42.1 Å². The molecule has 1 aromatic heterocycles. The quantitative estimate of drug-likeness (QED) is 0.850. The average Bonchev–Trinajstić information content (AvgIpc) is 2.89. The highest BCUT2D eigenvalue weighted by atomic mass is 35.5. The van der Waals surface area contributed by atoms with Crippen molar-refractivity contribution >= 4 is 18.3 Å². The number of nitrogens with zero attached hydrogens (tertiary/aromatic N) is 2. The van der Waals surface area contributed by atoms with Gasteiger partial charge in [-0.3, -0.25) is 4.79 Å². The second-order valence-corrected chi connectivity index (χ2v) is 7.76. The SMILES string of the molecule is CNCC1CCN(C(=O)c2cc(C)n(-c3cc(C)cc(C)c3)c2C)CC1.Cl. The summed E-state index contributed by atoms with van der Waals surface area (Å²) in [5, 5.41) is 3.25. The molecule has 1 aromatic carbocycles. The molecule has 2 heterocycles. The van der Waals surface area contributed by atoms with Gasteiger partial charge >= 0.3 is 0 Å². The van der Waals surface area contributed by atoms with Gasteiger partial charge < -0.3 is 14.8 Å². The molecule has 148 valence electrons. The van der Waals surface area contributed by atoms with E-state index < -0.39 is 0 Å². The highest BCUT2D eigenvalue weighted by Gasteiger charge is 2.26. The standard InChI is InChI=1S/C22H31N3O.ClH/c1-15-10-16(2)12-20(11-15)25-17(3)13-21(18(25)4)22(26)24-8-6-19(7-9-24)14-23-5;/h10-13,19,23H,6-9,14H2,1-5H3;1H. The maximum atomic E-state index is 13.1. The number of aromatic nitrogens is 1. The van der Waals surface area contributed by atoms with E-state index in [2.05, 4.69) is 61.8 Å². The number of carbonyl (C=O) groups excluding carboxylic acids is 1. The van der Waals surface area contributed by atoms with E-state index in [4.69, 9.17) is 0 Å². The average molecular weight is 390 g/mol. The predicted molar refractivity (Wildman–Crippen MR) is 115 cm³/mol. The van der Waals surface area contributed by atoms with Crippen LogP contribution in [0.2, 0.25) is 0 Å². The molecule has 2 aromatic rings. The van der Waals surface area contributed by atoms with Crippen LogP contribution in [0.1, 0.15) is 45.7 Å². The molecule has 5 heteroatoms. The van der Waals surface area contributed by atoms with Crippen LogP contribution in [0.15, 0.2) is 24.3 Å². The van der Waals surface area contributed by atoms with E-state index in [-0.39, 0.29) is 18.3 Å². The molecule has 0 bridgehead atoms. The van der Waals surface area contributed by atoms with Gasteiger partial charge in [0.2, 0.25) is 0 Å². The summed E-state index contributed by atoms with van der Waals surface area (Å²) in [6, 6.07) is 8.60. The van der Waals surface area contributed by atoms with Crippen LogP contribution in [0.25, 0.3) is 5.69 Å². The Kier molecular flexibility index (Phi) is 7.12. The second-order valence-electron chi connectivity index (χ2n) is 7.76. The summed E-state index contributed by atoms with van der Waals surface area (Å²) in [6.07, 6.45) is 2.17. The molecule has 4 nitrogen and oxygen atoms in total. The lowest BCUT2D eigenvalue weighted by Gasteiger charge is -2.32. The van der Waals surface area contributed by atoms with Gasteiger partial charge in [-0.25, -0.2) is 0 Å². The molecule has 1 aliphatic heterocycles. The Morgan fingerprint density at radius 3 is 2.19 bits per heavy atom. The number of rotatable bonds is 4. The zero-order chi connectivity index (χ0) is 18.8. The van der Waals surface area contributed by atoms with E-state index >= 15 is 0 Å². The third-order valence-electron chi connectivity index (χ3n) is 5.52. The Balaban J connectivity index is 0.00000261. The summed E-state index contributed by atoms with van der Waals surface area (Å²) in [5.41, 5.74) is 6.62. The number of hydrogen-bond donors (Lipinski definition) is 1. The van der Waals surface area contributed by atoms with Crippen LogP contribution in [0.5, 0.6) is 0 Å². The fraction of sp³-hybridized carbons (Fsp3) is 0.500. The maximum Gasteiger partial charge on any atom is 0.255 e. The van der Waals surface area contributed by atoms with Crippen molar-refractivity contribution in [1.82, 2.24) is 14.8 Å². The highest BCUT2D eigenvalue weighted by molar-refractivity contribution is 5.96. The van der Waals surface area contributed by atoms with E-state index in [1.165, 1.54) is 11.1 Å². The minimum absolute atomic E-state index is 0. The van der Waals surface area contributed by atoms with Gasteiger partial charge in [-0.05, 0) is 89.4 Å². The third-order valence-corrected chi connectivity index (χ3v) is 5.52. The van der Waals surface area contributed by atoms with Gasteiger partial charge in [-0.15, -0.1) is 12.4 Å². The molecule has 27 heavy (non-hydrogen) atoms. The van der Waals surface area contributed by atoms with Crippen LogP contribution in [0.4, 0.5) is 0 Å². The number of hydrogen-bond acceptors (Lipinski definition) is 2. The normalized spacial score (nSPS) is 14.9. The lowest BCUT2D eigenvalue weighted by molar-refractivity contribution is 0.0690. The predicted octanol–water partition coefficient (Wildman–Crippen LogP) is 4.20. The minimum Gasteiger partial charge on any atom is -0.339 e. The number of nitrogens with one attached hydrogen (secondary N) is 1. The molecule has 1 N–H and O–H groups in total. The van der Waals surface area contributed by atoms with Crippen molar-refractivity contribution in [3.8, 4) is 5.69 Å². The minimum atomic E-state index is 0. The highest BCUT2D eigenvalue weighted by Crippen LogP contribution is 2.25. The maximum absolute atomic E-state index is 13.1. The van der Waals surface area contributed by atoms with Crippen molar-refractivity contribution in [2.75, 3.05) is 26.7 Å². The largest absolute Gasteiger partial charge is 0.339 e. The molecule has 0 spiro atoms. The summed E-state index contributed by atoms with van der Waals surface area (Å²) in [5.74, 6) is 0.864. The number of carbonyl (C=O) groups is 1. The Morgan fingerprint density at radius 1 is 1.04 bits per heavy atom. The van der Waals surface area contributed by atoms with Gasteiger partial charge in [-0.2, -0.15) is 0 Å². The zero-order valence-corrected chi connectivity index (χ0v) is 17.9. The number of likely N-dealkylation sites (tertiary alicyclic amines) is 1. The molecular weight excluding hydrogens is 358 g/mol. The van der Waals surface area contributed by atoms with Crippen LogP contribution < -0.4 is 5.32 Å². The molecule has 3 rings (SSSR count). The van der Waals surface area contributed by atoms with E-state index in [0.717, 1.165) is 55.1 Å². The Bertz CT molecular complexity index is 784. The molecule has 0 atom stereocenters. The van der Waals surface area contributed by atoms with Gasteiger partial charge in [0.25, 0.3) is 5.91 Å². The fourth-order valence-electron chi connectivity index (χ4n) is 4.26. The molecule has 0 aliphatic carbocycles. The molecule has 1 saturated heterocycles. The van der Waals surface area contributed by atoms with E-state index in [0.29, 0.717) is 5.92 Å².